The van der Waals surface area contributed by atoms with Crippen LogP contribution in [0.15, 0.2) is 104 Å². The van der Waals surface area contributed by atoms with Crippen LogP contribution in [0.5, 0.6) is 5.75 Å². The summed E-state index contributed by atoms with van der Waals surface area (Å²) in [5, 5.41) is 9.91. The predicted octanol–water partition coefficient (Wildman–Crippen LogP) is 4.78. The molecule has 5 aromatic rings. The van der Waals surface area contributed by atoms with Crippen LogP contribution in [0, 0.1) is 0 Å². The van der Waals surface area contributed by atoms with E-state index in [0.29, 0.717) is 12.3 Å². The molecule has 0 bridgehead atoms. The summed E-state index contributed by atoms with van der Waals surface area (Å²) in [7, 11) is 0. The smallest absolute Gasteiger partial charge is 0.258 e. The number of aromatic nitrogens is 3. The largest absolute Gasteiger partial charge is 0.484 e. The van der Waals surface area contributed by atoms with Gasteiger partial charge in [-0.1, -0.05) is 48.5 Å². The van der Waals surface area contributed by atoms with Gasteiger partial charge in [-0.25, -0.2) is 4.68 Å². The molecule has 0 fully saturated rings. The lowest BCUT2D eigenvalue weighted by atomic mass is 10.1. The number of ether oxygens (including phenoxy) is 1. The van der Waals surface area contributed by atoms with E-state index in [4.69, 9.17) is 9.84 Å². The average Bonchev–Trinajstić information content (AvgIpc) is 3.31. The summed E-state index contributed by atoms with van der Waals surface area (Å²) < 4.78 is 7.53. The van der Waals surface area contributed by atoms with Crippen LogP contribution in [0.3, 0.4) is 0 Å². The standard InChI is InChI=1S/C27H22N4O2/c32-26(19-33-25-11-10-20-6-4-5-7-22(20)16-25)29-17-23-18-31(24-8-2-1-3-9-24)30-27(23)21-12-14-28-15-13-21/h1-16,18H,17,19H2,(H,29,32). The van der Waals surface area contributed by atoms with Gasteiger partial charge in [-0.05, 0) is 47.2 Å². The number of hydrogen-bond acceptors (Lipinski definition) is 4. The zero-order chi connectivity index (χ0) is 22.5. The highest BCUT2D eigenvalue weighted by Crippen LogP contribution is 2.23. The topological polar surface area (TPSA) is 69.0 Å². The minimum Gasteiger partial charge on any atom is -0.484 e. The number of rotatable bonds is 7. The molecule has 0 aliphatic rings. The van der Waals surface area contributed by atoms with Crippen LogP contribution in [-0.2, 0) is 11.3 Å². The summed E-state index contributed by atoms with van der Waals surface area (Å²) in [6.07, 6.45) is 5.41. The fraction of sp³-hybridized carbons (Fsp3) is 0.0741. The number of para-hydroxylation sites is 1. The lowest BCUT2D eigenvalue weighted by molar-refractivity contribution is -0.123. The molecule has 0 atom stereocenters. The number of nitrogens with one attached hydrogen (secondary N) is 1. The van der Waals surface area contributed by atoms with E-state index in [1.165, 1.54) is 0 Å². The lowest BCUT2D eigenvalue weighted by Crippen LogP contribution is -2.28. The van der Waals surface area contributed by atoms with Crippen molar-refractivity contribution in [3.05, 3.63) is 109 Å². The Morgan fingerprint density at radius 2 is 1.64 bits per heavy atom. The van der Waals surface area contributed by atoms with Gasteiger partial charge in [0.05, 0.1) is 11.4 Å². The third kappa shape index (κ3) is 4.75. The van der Waals surface area contributed by atoms with Crippen LogP contribution in [0.4, 0.5) is 0 Å². The van der Waals surface area contributed by atoms with Gasteiger partial charge in [-0.15, -0.1) is 0 Å². The van der Waals surface area contributed by atoms with Crippen molar-refractivity contribution in [1.29, 1.82) is 0 Å². The molecule has 0 saturated carbocycles. The Labute approximate surface area is 191 Å². The zero-order valence-electron chi connectivity index (χ0n) is 17.9. The van der Waals surface area contributed by atoms with Crippen molar-refractivity contribution in [2.24, 2.45) is 0 Å². The molecule has 2 aromatic heterocycles. The van der Waals surface area contributed by atoms with Crippen LogP contribution >= 0.6 is 0 Å². The second-order valence-corrected chi connectivity index (χ2v) is 7.59. The van der Waals surface area contributed by atoms with Gasteiger partial charge in [0.25, 0.3) is 5.91 Å². The van der Waals surface area contributed by atoms with Gasteiger partial charge in [-0.2, -0.15) is 5.10 Å². The minimum atomic E-state index is -0.198. The normalized spacial score (nSPS) is 10.8. The van der Waals surface area contributed by atoms with Crippen LogP contribution in [0.25, 0.3) is 27.7 Å². The maximum atomic E-state index is 12.5. The van der Waals surface area contributed by atoms with Crippen molar-refractivity contribution in [3.63, 3.8) is 0 Å². The average molecular weight is 434 g/mol. The van der Waals surface area contributed by atoms with Crippen LogP contribution in [-0.4, -0.2) is 27.3 Å². The van der Waals surface area contributed by atoms with Crippen molar-refractivity contribution in [2.75, 3.05) is 6.61 Å². The van der Waals surface area contributed by atoms with Crippen molar-refractivity contribution < 1.29 is 9.53 Å². The minimum absolute atomic E-state index is 0.0598. The zero-order valence-corrected chi connectivity index (χ0v) is 17.9. The van der Waals surface area contributed by atoms with Crippen molar-refractivity contribution in [3.8, 4) is 22.7 Å². The molecule has 1 amide bonds. The van der Waals surface area contributed by atoms with Gasteiger partial charge in [0.15, 0.2) is 6.61 Å². The van der Waals surface area contributed by atoms with E-state index in [-0.39, 0.29) is 12.5 Å². The lowest BCUT2D eigenvalue weighted by Gasteiger charge is -2.08. The maximum Gasteiger partial charge on any atom is 0.258 e. The Morgan fingerprint density at radius 1 is 0.879 bits per heavy atom. The van der Waals surface area contributed by atoms with Crippen molar-refractivity contribution in [1.82, 2.24) is 20.1 Å². The SMILES string of the molecule is O=C(COc1ccc2ccccc2c1)NCc1cn(-c2ccccc2)nc1-c1ccncc1. The molecule has 0 unspecified atom stereocenters. The fourth-order valence-corrected chi connectivity index (χ4v) is 3.66. The number of fused-ring (bicyclic) bond motifs is 1. The Balaban J connectivity index is 1.29. The summed E-state index contributed by atoms with van der Waals surface area (Å²) in [6.45, 7) is 0.278. The first-order chi connectivity index (χ1) is 16.3. The summed E-state index contributed by atoms with van der Waals surface area (Å²) in [5.41, 5.74) is 3.60. The first kappa shape index (κ1) is 20.5. The van der Waals surface area contributed by atoms with Crippen LogP contribution in [0.1, 0.15) is 5.56 Å². The van der Waals surface area contributed by atoms with Crippen molar-refractivity contribution in [2.45, 2.75) is 6.54 Å². The summed E-state index contributed by atoms with van der Waals surface area (Å²) >= 11 is 0. The number of benzene rings is 3. The second kappa shape index (κ2) is 9.36. The predicted molar refractivity (Wildman–Crippen MR) is 128 cm³/mol. The van der Waals surface area contributed by atoms with Crippen molar-refractivity contribution >= 4 is 16.7 Å². The molecule has 5 rings (SSSR count). The molecule has 6 heteroatoms. The third-order valence-electron chi connectivity index (χ3n) is 5.33. The molecule has 0 radical (unpaired) electrons. The second-order valence-electron chi connectivity index (χ2n) is 7.59. The van der Waals surface area contributed by atoms with E-state index in [1.807, 2.05) is 95.8 Å². The Hall–Kier alpha value is -4.45. The highest BCUT2D eigenvalue weighted by Gasteiger charge is 2.13. The Bertz CT molecular complexity index is 1380. The molecule has 2 heterocycles. The number of carbonyl (C=O) groups is 1. The molecule has 0 saturated heterocycles. The molecule has 162 valence electrons. The van der Waals surface area contributed by atoms with Crippen LogP contribution < -0.4 is 10.1 Å². The molecule has 0 spiro atoms. The number of carbonyl (C=O) groups excluding carboxylic acids is 1. The number of hydrogen-bond donors (Lipinski definition) is 1. The molecular formula is C27H22N4O2. The number of pyridine rings is 1. The number of amides is 1. The molecule has 6 nitrogen and oxygen atoms in total. The molecule has 33 heavy (non-hydrogen) atoms. The van der Waals surface area contributed by atoms with E-state index >= 15 is 0 Å². The summed E-state index contributed by atoms with van der Waals surface area (Å²) in [5.74, 6) is 0.467. The monoisotopic (exact) mass is 434 g/mol. The van der Waals surface area contributed by atoms with Gasteiger partial charge in [0.1, 0.15) is 5.75 Å². The number of nitrogens with zero attached hydrogens (tertiary/aromatic N) is 3. The fourth-order valence-electron chi connectivity index (χ4n) is 3.66. The van der Waals surface area contributed by atoms with Gasteiger partial charge in [-0.3, -0.25) is 9.78 Å². The van der Waals surface area contributed by atoms with Gasteiger partial charge in [0, 0.05) is 36.3 Å². The molecule has 0 aliphatic heterocycles. The quantitative estimate of drug-likeness (QED) is 0.400. The highest BCUT2D eigenvalue weighted by molar-refractivity contribution is 5.84. The van der Waals surface area contributed by atoms with E-state index in [0.717, 1.165) is 33.3 Å². The Morgan fingerprint density at radius 3 is 2.45 bits per heavy atom. The molecular weight excluding hydrogens is 412 g/mol. The summed E-state index contributed by atoms with van der Waals surface area (Å²) in [6, 6.07) is 27.5. The van der Waals surface area contributed by atoms with E-state index in [9.17, 15) is 4.79 Å². The molecule has 0 aliphatic carbocycles. The highest BCUT2D eigenvalue weighted by atomic mass is 16.5. The molecule has 1 N–H and O–H groups in total. The maximum absolute atomic E-state index is 12.5. The first-order valence-corrected chi connectivity index (χ1v) is 10.7. The summed E-state index contributed by atoms with van der Waals surface area (Å²) in [4.78, 5) is 16.6. The third-order valence-corrected chi connectivity index (χ3v) is 5.33. The van der Waals surface area contributed by atoms with Crippen LogP contribution in [0.2, 0.25) is 0 Å². The van der Waals surface area contributed by atoms with Gasteiger partial charge < -0.3 is 10.1 Å². The van der Waals surface area contributed by atoms with Gasteiger partial charge in [0.2, 0.25) is 0 Å². The van der Waals surface area contributed by atoms with E-state index in [1.54, 1.807) is 12.4 Å². The first-order valence-electron chi connectivity index (χ1n) is 10.7. The van der Waals surface area contributed by atoms with E-state index in [2.05, 4.69) is 10.3 Å². The Kier molecular flexibility index (Phi) is 5.80. The van der Waals surface area contributed by atoms with Gasteiger partial charge >= 0.3 is 0 Å². The van der Waals surface area contributed by atoms with E-state index < -0.39 is 0 Å². The molecule has 3 aromatic carbocycles.